The van der Waals surface area contributed by atoms with Crippen molar-refractivity contribution in [2.45, 2.75) is 31.9 Å². The number of rotatable bonds is 5. The van der Waals surface area contributed by atoms with Crippen LogP contribution in [0.4, 0.5) is 4.39 Å². The molecular weight excluding hydrogens is 301 g/mol. The fourth-order valence-electron chi connectivity index (χ4n) is 1.73. The summed E-state index contributed by atoms with van der Waals surface area (Å²) in [6.45, 7) is 2.28. The van der Waals surface area contributed by atoms with Crippen molar-refractivity contribution in [3.63, 3.8) is 0 Å². The zero-order valence-electron chi connectivity index (χ0n) is 11.4. The normalized spacial score (nSPS) is 11.8. The first-order valence-electron chi connectivity index (χ1n) is 6.02. The molecule has 21 heavy (non-hydrogen) atoms. The highest BCUT2D eigenvalue weighted by atomic mass is 32.2. The molecule has 1 heterocycles. The summed E-state index contributed by atoms with van der Waals surface area (Å²) < 4.78 is 44.9. The minimum atomic E-state index is -3.87. The van der Waals surface area contributed by atoms with Gasteiger partial charge in [-0.25, -0.2) is 17.5 Å². The molecule has 2 aromatic rings. The van der Waals surface area contributed by atoms with E-state index in [0.29, 0.717) is 5.89 Å². The average molecular weight is 315 g/mol. The number of aromatic nitrogens is 2. The van der Waals surface area contributed by atoms with Crippen LogP contribution >= 0.6 is 0 Å². The van der Waals surface area contributed by atoms with Gasteiger partial charge in [-0.05, 0) is 24.6 Å². The maximum Gasteiger partial charge on any atom is 0.241 e. The van der Waals surface area contributed by atoms with Gasteiger partial charge in [0.15, 0.2) is 5.82 Å². The molecule has 1 aromatic heterocycles. The van der Waals surface area contributed by atoms with Gasteiger partial charge in [-0.2, -0.15) is 4.98 Å². The Hall–Kier alpha value is -1.84. The molecular formula is C12H14FN3O4S. The summed E-state index contributed by atoms with van der Waals surface area (Å²) in [6.07, 6.45) is 0. The van der Waals surface area contributed by atoms with Crippen molar-refractivity contribution in [3.05, 3.63) is 40.8 Å². The third kappa shape index (κ3) is 3.43. The number of sulfonamides is 1. The van der Waals surface area contributed by atoms with Gasteiger partial charge in [-0.15, -0.1) is 0 Å². The van der Waals surface area contributed by atoms with Crippen LogP contribution in [-0.2, 0) is 23.2 Å². The number of nitrogens with zero attached hydrogens (tertiary/aromatic N) is 2. The Balaban J connectivity index is 2.25. The van der Waals surface area contributed by atoms with Gasteiger partial charge >= 0.3 is 0 Å². The van der Waals surface area contributed by atoms with E-state index in [4.69, 9.17) is 9.63 Å². The molecule has 0 spiro atoms. The van der Waals surface area contributed by atoms with Gasteiger partial charge in [0.05, 0.1) is 18.0 Å². The zero-order valence-corrected chi connectivity index (χ0v) is 12.2. The molecule has 7 nitrogen and oxygen atoms in total. The number of nitrogens with one attached hydrogen (secondary N) is 1. The van der Waals surface area contributed by atoms with Crippen molar-refractivity contribution < 1.29 is 22.4 Å². The molecule has 0 aliphatic heterocycles. The molecule has 0 saturated heterocycles. The summed E-state index contributed by atoms with van der Waals surface area (Å²) in [7, 11) is -3.87. The molecule has 2 rings (SSSR count). The fraction of sp³-hybridized carbons (Fsp3) is 0.333. The van der Waals surface area contributed by atoms with Crippen molar-refractivity contribution >= 4 is 10.0 Å². The van der Waals surface area contributed by atoms with Crippen LogP contribution in [0.15, 0.2) is 21.6 Å². The van der Waals surface area contributed by atoms with Crippen molar-refractivity contribution in [3.8, 4) is 0 Å². The van der Waals surface area contributed by atoms with Crippen LogP contribution in [0.3, 0.4) is 0 Å². The first kappa shape index (κ1) is 15.5. The Morgan fingerprint density at radius 1 is 1.38 bits per heavy atom. The van der Waals surface area contributed by atoms with Crippen LogP contribution < -0.4 is 4.72 Å². The first-order chi connectivity index (χ1) is 9.83. The molecule has 2 N–H and O–H groups in total. The Morgan fingerprint density at radius 2 is 2.10 bits per heavy atom. The molecule has 0 fully saturated rings. The van der Waals surface area contributed by atoms with Crippen molar-refractivity contribution in [1.29, 1.82) is 0 Å². The predicted octanol–water partition coefficient (Wildman–Crippen LogP) is 0.796. The third-order valence-electron chi connectivity index (χ3n) is 2.77. The van der Waals surface area contributed by atoms with E-state index in [-0.39, 0.29) is 28.4 Å². The van der Waals surface area contributed by atoms with E-state index in [2.05, 4.69) is 14.9 Å². The lowest BCUT2D eigenvalue weighted by Gasteiger charge is -2.09. The van der Waals surface area contributed by atoms with E-state index in [1.54, 1.807) is 6.92 Å². The van der Waals surface area contributed by atoms with Gasteiger partial charge in [0, 0.05) is 12.5 Å². The number of halogens is 1. The van der Waals surface area contributed by atoms with Gasteiger partial charge < -0.3 is 9.63 Å². The highest BCUT2D eigenvalue weighted by molar-refractivity contribution is 7.89. The third-order valence-corrected chi connectivity index (χ3v) is 4.15. The Kier molecular flexibility index (Phi) is 4.35. The SMILES string of the molecule is Cc1nc(CNS(=O)(=O)c2cc(C)c(F)c(CO)c2)no1. The lowest BCUT2D eigenvalue weighted by molar-refractivity contribution is 0.275. The van der Waals surface area contributed by atoms with E-state index < -0.39 is 22.4 Å². The summed E-state index contributed by atoms with van der Waals surface area (Å²) in [6, 6.07) is 2.28. The second kappa shape index (κ2) is 5.88. The van der Waals surface area contributed by atoms with Gasteiger partial charge in [0.2, 0.25) is 15.9 Å². The Morgan fingerprint density at radius 3 is 2.67 bits per heavy atom. The smallest absolute Gasteiger partial charge is 0.241 e. The maximum atomic E-state index is 13.6. The Labute approximate surface area is 120 Å². The highest BCUT2D eigenvalue weighted by Crippen LogP contribution is 2.19. The highest BCUT2D eigenvalue weighted by Gasteiger charge is 2.18. The second-order valence-corrected chi connectivity index (χ2v) is 6.19. The zero-order chi connectivity index (χ0) is 15.6. The lowest BCUT2D eigenvalue weighted by atomic mass is 10.1. The lowest BCUT2D eigenvalue weighted by Crippen LogP contribution is -2.24. The average Bonchev–Trinajstić information content (AvgIpc) is 2.85. The molecule has 0 unspecified atom stereocenters. The Bertz CT molecular complexity index is 758. The number of hydrogen-bond donors (Lipinski definition) is 2. The summed E-state index contributed by atoms with van der Waals surface area (Å²) in [4.78, 5) is 3.73. The largest absolute Gasteiger partial charge is 0.392 e. The van der Waals surface area contributed by atoms with Crippen LogP contribution in [0.1, 0.15) is 22.8 Å². The number of aliphatic hydroxyl groups is 1. The summed E-state index contributed by atoms with van der Waals surface area (Å²) in [5.41, 5.74) is 0.0584. The van der Waals surface area contributed by atoms with Crippen molar-refractivity contribution in [2.24, 2.45) is 0 Å². The van der Waals surface area contributed by atoms with Crippen LogP contribution in [0.25, 0.3) is 0 Å². The molecule has 114 valence electrons. The van der Waals surface area contributed by atoms with Gasteiger partial charge in [0.1, 0.15) is 5.82 Å². The molecule has 0 radical (unpaired) electrons. The van der Waals surface area contributed by atoms with Gasteiger partial charge in [-0.1, -0.05) is 5.16 Å². The molecule has 0 atom stereocenters. The number of benzene rings is 1. The van der Waals surface area contributed by atoms with Crippen LogP contribution in [-0.4, -0.2) is 23.7 Å². The van der Waals surface area contributed by atoms with E-state index >= 15 is 0 Å². The summed E-state index contributed by atoms with van der Waals surface area (Å²) in [5.74, 6) is -0.105. The summed E-state index contributed by atoms with van der Waals surface area (Å²) in [5, 5.41) is 12.6. The molecule has 0 aliphatic carbocycles. The minimum Gasteiger partial charge on any atom is -0.392 e. The van der Waals surface area contributed by atoms with E-state index in [1.807, 2.05) is 0 Å². The molecule has 9 heteroatoms. The summed E-state index contributed by atoms with van der Waals surface area (Å²) >= 11 is 0. The number of hydrogen-bond acceptors (Lipinski definition) is 6. The predicted molar refractivity (Wildman–Crippen MR) is 70.1 cm³/mol. The number of aryl methyl sites for hydroxylation is 2. The maximum absolute atomic E-state index is 13.6. The second-order valence-electron chi connectivity index (χ2n) is 4.43. The van der Waals surface area contributed by atoms with Crippen molar-refractivity contribution in [2.75, 3.05) is 0 Å². The first-order valence-corrected chi connectivity index (χ1v) is 7.50. The van der Waals surface area contributed by atoms with Crippen LogP contribution in [0.2, 0.25) is 0 Å². The van der Waals surface area contributed by atoms with Crippen LogP contribution in [0, 0.1) is 19.7 Å². The van der Waals surface area contributed by atoms with E-state index in [9.17, 15) is 12.8 Å². The van der Waals surface area contributed by atoms with Crippen LogP contribution in [0.5, 0.6) is 0 Å². The minimum absolute atomic E-state index is 0.0780. The van der Waals surface area contributed by atoms with Gasteiger partial charge in [-0.3, -0.25) is 0 Å². The molecule has 0 amide bonds. The monoisotopic (exact) mass is 315 g/mol. The molecule has 0 aliphatic rings. The van der Waals surface area contributed by atoms with Crippen molar-refractivity contribution in [1.82, 2.24) is 14.9 Å². The van der Waals surface area contributed by atoms with E-state index in [1.165, 1.54) is 13.0 Å². The molecule has 1 aromatic carbocycles. The standard InChI is InChI=1S/C12H14FN3O4S/c1-7-3-10(4-9(6-17)12(7)13)21(18,19)14-5-11-15-8(2)20-16-11/h3-4,14,17H,5-6H2,1-2H3. The fourth-order valence-corrected chi connectivity index (χ4v) is 2.85. The molecule has 0 bridgehead atoms. The van der Waals surface area contributed by atoms with Gasteiger partial charge in [0.25, 0.3) is 0 Å². The topological polar surface area (TPSA) is 105 Å². The van der Waals surface area contributed by atoms with E-state index in [0.717, 1.165) is 6.07 Å². The quantitative estimate of drug-likeness (QED) is 0.845. The molecule has 0 saturated carbocycles. The number of aliphatic hydroxyl groups excluding tert-OH is 1.